The molecule has 1 saturated heterocycles. The van der Waals surface area contributed by atoms with E-state index in [-0.39, 0.29) is 6.04 Å². The number of carboxylic acid groups (broad SMARTS) is 1. The van der Waals surface area contributed by atoms with Crippen molar-refractivity contribution in [2.75, 3.05) is 6.54 Å². The fraction of sp³-hybridized carbons (Fsp3) is 0.450. The summed E-state index contributed by atoms with van der Waals surface area (Å²) in [4.78, 5) is 22.7. The maximum absolute atomic E-state index is 12.1. The largest absolute Gasteiger partial charge is 0.465 e. The topological polar surface area (TPSA) is 139 Å². The van der Waals surface area contributed by atoms with E-state index in [1.165, 1.54) is 0 Å². The van der Waals surface area contributed by atoms with Gasteiger partial charge in [-0.2, -0.15) is 0 Å². The van der Waals surface area contributed by atoms with E-state index in [9.17, 15) is 9.90 Å². The second-order valence-corrected chi connectivity index (χ2v) is 7.30. The molecule has 1 aliphatic heterocycles. The molecule has 0 bridgehead atoms. The van der Waals surface area contributed by atoms with Crippen molar-refractivity contribution in [3.05, 3.63) is 59.2 Å². The van der Waals surface area contributed by atoms with Crippen LogP contribution in [0.4, 0.5) is 4.79 Å². The van der Waals surface area contributed by atoms with Crippen molar-refractivity contribution in [1.29, 1.82) is 0 Å². The molecule has 2 aromatic rings. The van der Waals surface area contributed by atoms with Crippen LogP contribution in [0.15, 0.2) is 36.7 Å². The molecule has 1 atom stereocenters. The van der Waals surface area contributed by atoms with Gasteiger partial charge in [0.15, 0.2) is 0 Å². The minimum atomic E-state index is -0.904. The van der Waals surface area contributed by atoms with Crippen LogP contribution in [-0.4, -0.2) is 49.4 Å². The monoisotopic (exact) mass is 387 g/mol. The first-order valence-corrected chi connectivity index (χ1v) is 9.24. The number of likely N-dealkylation sites (tertiary alicyclic amines) is 1. The van der Waals surface area contributed by atoms with E-state index in [4.69, 9.17) is 10.9 Å². The first-order valence-electron chi connectivity index (χ1n) is 9.24. The van der Waals surface area contributed by atoms with Gasteiger partial charge in [-0.05, 0) is 49.9 Å². The standard InChI is InChI=1S/C20H26N4O2.H3NO/c1-14-5-3-8-22-17(14)12-20(13-18-15(2)6-4-9-23-18)11-16(21)7-10-24(20)19(25)26;1-2/h3-6,8-9,16H,7,10-13,21H2,1-2H3,(H,25,26);2H,1H2. The summed E-state index contributed by atoms with van der Waals surface area (Å²) >= 11 is 0. The molecule has 3 heterocycles. The van der Waals surface area contributed by atoms with Crippen LogP contribution in [0.2, 0.25) is 0 Å². The van der Waals surface area contributed by atoms with Crippen LogP contribution in [0.5, 0.6) is 0 Å². The van der Waals surface area contributed by atoms with Gasteiger partial charge in [0.1, 0.15) is 0 Å². The number of hydrogen-bond acceptors (Lipinski definition) is 6. The Morgan fingerprint density at radius 2 is 1.64 bits per heavy atom. The Labute approximate surface area is 165 Å². The third-order valence-corrected chi connectivity index (χ3v) is 5.40. The average molecular weight is 387 g/mol. The summed E-state index contributed by atoms with van der Waals surface area (Å²) in [7, 11) is 0. The van der Waals surface area contributed by atoms with Gasteiger partial charge in [-0.3, -0.25) is 9.97 Å². The van der Waals surface area contributed by atoms with Gasteiger partial charge in [0.05, 0.1) is 5.54 Å². The number of rotatable bonds is 4. The van der Waals surface area contributed by atoms with Crippen molar-refractivity contribution < 1.29 is 15.1 Å². The van der Waals surface area contributed by atoms with Crippen LogP contribution >= 0.6 is 0 Å². The quantitative estimate of drug-likeness (QED) is 0.589. The summed E-state index contributed by atoms with van der Waals surface area (Å²) in [6.45, 7) is 4.46. The Morgan fingerprint density at radius 1 is 1.14 bits per heavy atom. The summed E-state index contributed by atoms with van der Waals surface area (Å²) in [5.41, 5.74) is 9.62. The summed E-state index contributed by atoms with van der Waals surface area (Å²) in [6.07, 6.45) is 4.97. The van der Waals surface area contributed by atoms with Crippen molar-refractivity contribution in [3.8, 4) is 0 Å². The van der Waals surface area contributed by atoms with Gasteiger partial charge < -0.3 is 20.9 Å². The number of nitrogens with two attached hydrogens (primary N) is 2. The number of amides is 1. The highest BCUT2D eigenvalue weighted by Gasteiger charge is 2.45. The second kappa shape index (κ2) is 9.59. The number of hydrogen-bond donors (Lipinski definition) is 4. The molecule has 0 radical (unpaired) electrons. The fourth-order valence-electron chi connectivity index (χ4n) is 3.96. The maximum Gasteiger partial charge on any atom is 0.407 e. The predicted molar refractivity (Wildman–Crippen MR) is 106 cm³/mol. The Morgan fingerprint density at radius 3 is 2.07 bits per heavy atom. The van der Waals surface area contributed by atoms with Crippen molar-refractivity contribution in [3.63, 3.8) is 0 Å². The van der Waals surface area contributed by atoms with E-state index in [2.05, 4.69) is 15.9 Å². The molecule has 0 aromatic carbocycles. The van der Waals surface area contributed by atoms with Gasteiger partial charge in [-0.15, -0.1) is 0 Å². The van der Waals surface area contributed by atoms with Crippen molar-refractivity contribution in [2.24, 2.45) is 11.6 Å². The van der Waals surface area contributed by atoms with Crippen molar-refractivity contribution in [1.82, 2.24) is 14.9 Å². The Hall–Kier alpha value is -2.55. The van der Waals surface area contributed by atoms with Crippen LogP contribution in [0.25, 0.3) is 0 Å². The van der Waals surface area contributed by atoms with Crippen LogP contribution in [-0.2, 0) is 12.8 Å². The van der Waals surface area contributed by atoms with Crippen molar-refractivity contribution in [2.45, 2.75) is 51.1 Å². The molecule has 8 heteroatoms. The minimum absolute atomic E-state index is 0.0290. The molecule has 0 aliphatic carbocycles. The number of piperidine rings is 1. The second-order valence-electron chi connectivity index (χ2n) is 7.30. The normalized spacial score (nSPS) is 18.2. The first-order chi connectivity index (χ1) is 13.4. The Balaban J connectivity index is 0.00000136. The summed E-state index contributed by atoms with van der Waals surface area (Å²) in [6, 6.07) is 7.79. The molecule has 1 amide bonds. The number of carbonyl (C=O) groups is 1. The zero-order valence-electron chi connectivity index (χ0n) is 16.4. The molecule has 1 unspecified atom stereocenters. The smallest absolute Gasteiger partial charge is 0.407 e. The van der Waals surface area contributed by atoms with Gasteiger partial charge in [-0.1, -0.05) is 12.1 Å². The molecule has 8 nitrogen and oxygen atoms in total. The number of aryl methyl sites for hydroxylation is 2. The molecule has 2 aromatic heterocycles. The highest BCUT2D eigenvalue weighted by atomic mass is 16.4. The number of nitrogens with zero attached hydrogens (tertiary/aromatic N) is 3. The molecule has 28 heavy (non-hydrogen) atoms. The van der Waals surface area contributed by atoms with Gasteiger partial charge in [0, 0.05) is 49.2 Å². The summed E-state index contributed by atoms with van der Waals surface area (Å²) in [5, 5.41) is 16.4. The van der Waals surface area contributed by atoms with Gasteiger partial charge in [0.2, 0.25) is 0 Å². The van der Waals surface area contributed by atoms with Crippen LogP contribution in [0.3, 0.4) is 0 Å². The lowest BCUT2D eigenvalue weighted by atomic mass is 9.76. The van der Waals surface area contributed by atoms with Gasteiger partial charge in [0.25, 0.3) is 0 Å². The average Bonchev–Trinajstić information content (AvgIpc) is 2.67. The first kappa shape index (κ1) is 21.7. The van der Waals surface area contributed by atoms with E-state index < -0.39 is 11.6 Å². The zero-order valence-corrected chi connectivity index (χ0v) is 16.4. The van der Waals surface area contributed by atoms with Crippen LogP contribution < -0.4 is 11.6 Å². The predicted octanol–water partition coefficient (Wildman–Crippen LogP) is 2.05. The molecule has 152 valence electrons. The van der Waals surface area contributed by atoms with E-state index in [0.717, 1.165) is 22.5 Å². The number of pyridine rings is 2. The molecule has 3 rings (SSSR count). The highest BCUT2D eigenvalue weighted by molar-refractivity contribution is 5.66. The van der Waals surface area contributed by atoms with Gasteiger partial charge >= 0.3 is 6.09 Å². The van der Waals surface area contributed by atoms with Gasteiger partial charge in [-0.25, -0.2) is 10.7 Å². The highest BCUT2D eigenvalue weighted by Crippen LogP contribution is 2.35. The van der Waals surface area contributed by atoms with E-state index in [0.29, 0.717) is 32.2 Å². The maximum atomic E-state index is 12.1. The van der Waals surface area contributed by atoms with Crippen LogP contribution in [0.1, 0.15) is 35.4 Å². The zero-order chi connectivity index (χ0) is 20.7. The molecule has 0 saturated carbocycles. The molecular weight excluding hydrogens is 358 g/mol. The lowest BCUT2D eigenvalue weighted by molar-refractivity contribution is 0.0386. The molecule has 1 aliphatic rings. The molecule has 0 spiro atoms. The van der Waals surface area contributed by atoms with Crippen LogP contribution in [0, 0.1) is 13.8 Å². The van der Waals surface area contributed by atoms with Crippen molar-refractivity contribution >= 4 is 6.09 Å². The minimum Gasteiger partial charge on any atom is -0.465 e. The third-order valence-electron chi connectivity index (χ3n) is 5.40. The Bertz CT molecular complexity index is 751. The SMILES string of the molecule is Cc1cccnc1CC1(Cc2ncccc2C)CC(N)CCN1C(=O)O.NO. The lowest BCUT2D eigenvalue weighted by Crippen LogP contribution is -2.61. The fourth-order valence-corrected chi connectivity index (χ4v) is 3.96. The third kappa shape index (κ3) is 4.83. The molecule has 6 N–H and O–H groups in total. The number of aromatic nitrogens is 2. The lowest BCUT2D eigenvalue weighted by Gasteiger charge is -2.48. The molecular formula is C20H29N5O3. The van der Waals surface area contributed by atoms with E-state index in [1.54, 1.807) is 17.3 Å². The van der Waals surface area contributed by atoms with E-state index in [1.807, 2.05) is 38.1 Å². The van der Waals surface area contributed by atoms with E-state index >= 15 is 0 Å². The summed E-state index contributed by atoms with van der Waals surface area (Å²) < 4.78 is 0. The Kier molecular flexibility index (Phi) is 7.45. The summed E-state index contributed by atoms with van der Waals surface area (Å²) in [5.74, 6) is 3.50. The molecule has 1 fully saturated rings.